The Morgan fingerprint density at radius 1 is 1.18 bits per heavy atom. The molecule has 0 saturated heterocycles. The van der Waals surface area contributed by atoms with Crippen LogP contribution >= 0.6 is 11.3 Å². The molecule has 2 aromatic heterocycles. The average Bonchev–Trinajstić information content (AvgIpc) is 3.31. The molecule has 0 unspecified atom stereocenters. The third-order valence-corrected chi connectivity index (χ3v) is 6.00. The van der Waals surface area contributed by atoms with Gasteiger partial charge in [-0.2, -0.15) is 11.3 Å². The van der Waals surface area contributed by atoms with Crippen molar-refractivity contribution in [3.63, 3.8) is 0 Å². The van der Waals surface area contributed by atoms with Crippen LogP contribution in [-0.4, -0.2) is 30.6 Å². The zero-order valence-electron chi connectivity index (χ0n) is 15.4. The quantitative estimate of drug-likeness (QED) is 0.579. The van der Waals surface area contributed by atoms with Crippen molar-refractivity contribution in [3.05, 3.63) is 47.0 Å². The molecule has 3 rings (SSSR count). The number of aromatic nitrogens is 2. The summed E-state index contributed by atoms with van der Waals surface area (Å²) < 4.78 is 32.3. The van der Waals surface area contributed by atoms with Crippen LogP contribution in [0.3, 0.4) is 0 Å². The Morgan fingerprint density at radius 3 is 2.57 bits per heavy atom. The first-order valence-corrected chi connectivity index (χ1v) is 11.0. The summed E-state index contributed by atoms with van der Waals surface area (Å²) in [7, 11) is -3.56. The molecule has 0 aliphatic rings. The summed E-state index contributed by atoms with van der Waals surface area (Å²) in [4.78, 5) is 12.3. The van der Waals surface area contributed by atoms with Crippen LogP contribution in [0.1, 0.15) is 26.2 Å². The van der Waals surface area contributed by atoms with E-state index in [9.17, 15) is 13.2 Å². The van der Waals surface area contributed by atoms with Gasteiger partial charge in [-0.15, -0.1) is 10.2 Å². The first kappa shape index (κ1) is 20.2. The molecule has 10 heteroatoms. The molecule has 2 heterocycles. The van der Waals surface area contributed by atoms with Gasteiger partial charge < -0.3 is 9.73 Å². The minimum absolute atomic E-state index is 0.144. The van der Waals surface area contributed by atoms with Crippen molar-refractivity contribution in [2.24, 2.45) is 0 Å². The lowest BCUT2D eigenvalue weighted by atomic mass is 10.2. The predicted molar refractivity (Wildman–Crippen MR) is 106 cm³/mol. The molecule has 28 heavy (non-hydrogen) atoms. The zero-order valence-corrected chi connectivity index (χ0v) is 17.0. The highest BCUT2D eigenvalue weighted by atomic mass is 32.2. The van der Waals surface area contributed by atoms with Gasteiger partial charge in [-0.1, -0.05) is 0 Å². The van der Waals surface area contributed by atoms with Crippen LogP contribution in [0.2, 0.25) is 0 Å². The molecular formula is C18H20N4O4S2. The van der Waals surface area contributed by atoms with Crippen LogP contribution in [-0.2, 0) is 21.2 Å². The molecule has 3 aromatic rings. The Balaban J connectivity index is 1.54. The highest BCUT2D eigenvalue weighted by Gasteiger charge is 2.15. The number of nitrogens with one attached hydrogen (secondary N) is 2. The molecular weight excluding hydrogens is 400 g/mol. The molecule has 0 bridgehead atoms. The van der Waals surface area contributed by atoms with Crippen LogP contribution < -0.4 is 10.0 Å². The van der Waals surface area contributed by atoms with E-state index in [0.29, 0.717) is 23.9 Å². The second-order valence-corrected chi connectivity index (χ2v) is 8.86. The summed E-state index contributed by atoms with van der Waals surface area (Å²) in [5.74, 6) is 0.590. The highest BCUT2D eigenvalue weighted by molar-refractivity contribution is 7.89. The maximum atomic E-state index is 12.1. The van der Waals surface area contributed by atoms with Gasteiger partial charge in [0, 0.05) is 35.5 Å². The fraction of sp³-hybridized carbons (Fsp3) is 0.278. The van der Waals surface area contributed by atoms with Crippen molar-refractivity contribution in [2.45, 2.75) is 37.6 Å². The van der Waals surface area contributed by atoms with Crippen LogP contribution in [0.5, 0.6) is 0 Å². The monoisotopic (exact) mass is 420 g/mol. The maximum Gasteiger partial charge on any atom is 0.248 e. The number of thiophene rings is 1. The van der Waals surface area contributed by atoms with E-state index in [1.807, 2.05) is 16.8 Å². The first-order valence-electron chi connectivity index (χ1n) is 8.61. The standard InChI is InChI=1S/C18H20N4O4S2/c1-12(2)22-28(24,25)15-5-3-14(4-6-15)19-16(23)7-8-17-20-21-18(26-17)13-9-10-27-11-13/h3-6,9-12,22H,7-8H2,1-2H3,(H,19,23). The molecule has 0 fully saturated rings. The Morgan fingerprint density at radius 2 is 1.93 bits per heavy atom. The molecule has 1 aromatic carbocycles. The topological polar surface area (TPSA) is 114 Å². The van der Waals surface area contributed by atoms with E-state index in [1.54, 1.807) is 26.0 Å². The number of sulfonamides is 1. The van der Waals surface area contributed by atoms with Crippen molar-refractivity contribution in [1.82, 2.24) is 14.9 Å². The van der Waals surface area contributed by atoms with Crippen molar-refractivity contribution in [1.29, 1.82) is 0 Å². The fourth-order valence-corrected chi connectivity index (χ4v) is 4.28. The van der Waals surface area contributed by atoms with Crippen LogP contribution in [0.4, 0.5) is 5.69 Å². The van der Waals surface area contributed by atoms with Gasteiger partial charge in [0.25, 0.3) is 0 Å². The minimum atomic E-state index is -3.56. The van der Waals surface area contributed by atoms with Crippen molar-refractivity contribution < 1.29 is 17.6 Å². The SMILES string of the molecule is CC(C)NS(=O)(=O)c1ccc(NC(=O)CCc2nnc(-c3ccsc3)o2)cc1. The first-order chi connectivity index (χ1) is 13.3. The van der Waals surface area contributed by atoms with Gasteiger partial charge in [0.2, 0.25) is 27.7 Å². The van der Waals surface area contributed by atoms with E-state index in [0.717, 1.165) is 5.56 Å². The normalized spacial score (nSPS) is 11.7. The zero-order chi connectivity index (χ0) is 20.1. The van der Waals surface area contributed by atoms with Gasteiger partial charge in [0.15, 0.2) is 0 Å². The Labute approximate surface area is 167 Å². The third-order valence-electron chi connectivity index (χ3n) is 3.64. The lowest BCUT2D eigenvalue weighted by Gasteiger charge is -2.10. The number of anilines is 1. The number of carbonyl (C=O) groups excluding carboxylic acids is 1. The summed E-state index contributed by atoms with van der Waals surface area (Å²) in [6, 6.07) is 7.68. The van der Waals surface area contributed by atoms with Gasteiger partial charge in [0.05, 0.1) is 4.90 Å². The highest BCUT2D eigenvalue weighted by Crippen LogP contribution is 2.21. The number of hydrogen-bond acceptors (Lipinski definition) is 7. The summed E-state index contributed by atoms with van der Waals surface area (Å²) in [5, 5.41) is 14.5. The van der Waals surface area contributed by atoms with Gasteiger partial charge in [-0.25, -0.2) is 13.1 Å². The smallest absolute Gasteiger partial charge is 0.248 e. The third kappa shape index (κ3) is 5.24. The molecule has 1 amide bonds. The summed E-state index contributed by atoms with van der Waals surface area (Å²) >= 11 is 1.53. The van der Waals surface area contributed by atoms with E-state index in [4.69, 9.17) is 4.42 Å². The van der Waals surface area contributed by atoms with Crippen LogP contribution in [0, 0.1) is 0 Å². The van der Waals surface area contributed by atoms with Crippen molar-refractivity contribution >= 4 is 33.0 Å². The number of carbonyl (C=O) groups is 1. The largest absolute Gasteiger partial charge is 0.421 e. The molecule has 2 N–H and O–H groups in total. The molecule has 8 nitrogen and oxygen atoms in total. The average molecular weight is 421 g/mol. The maximum absolute atomic E-state index is 12.1. The summed E-state index contributed by atoms with van der Waals surface area (Å²) in [5.41, 5.74) is 1.37. The van der Waals surface area contributed by atoms with Gasteiger partial charge in [-0.3, -0.25) is 4.79 Å². The molecule has 0 aliphatic carbocycles. The van der Waals surface area contributed by atoms with Crippen molar-refractivity contribution in [3.8, 4) is 11.5 Å². The number of benzene rings is 1. The molecule has 0 aliphatic heterocycles. The van der Waals surface area contributed by atoms with E-state index >= 15 is 0 Å². The van der Waals surface area contributed by atoms with E-state index in [1.165, 1.54) is 23.5 Å². The Bertz CT molecular complexity index is 1030. The summed E-state index contributed by atoms with van der Waals surface area (Å²) in [6.07, 6.45) is 0.480. The summed E-state index contributed by atoms with van der Waals surface area (Å²) in [6.45, 7) is 3.50. The van der Waals surface area contributed by atoms with Crippen LogP contribution in [0.25, 0.3) is 11.5 Å². The second kappa shape index (κ2) is 8.63. The molecule has 0 spiro atoms. The number of aryl methyl sites for hydroxylation is 1. The lowest BCUT2D eigenvalue weighted by Crippen LogP contribution is -2.30. The lowest BCUT2D eigenvalue weighted by molar-refractivity contribution is -0.116. The molecule has 0 atom stereocenters. The Hall–Kier alpha value is -2.56. The van der Waals surface area contributed by atoms with Gasteiger partial charge in [0.1, 0.15) is 0 Å². The molecule has 148 valence electrons. The minimum Gasteiger partial charge on any atom is -0.421 e. The number of hydrogen-bond donors (Lipinski definition) is 2. The van der Waals surface area contributed by atoms with Crippen molar-refractivity contribution in [2.75, 3.05) is 5.32 Å². The number of amides is 1. The second-order valence-electron chi connectivity index (χ2n) is 6.36. The predicted octanol–water partition coefficient (Wildman–Crippen LogP) is 3.06. The van der Waals surface area contributed by atoms with E-state index in [-0.39, 0.29) is 23.3 Å². The van der Waals surface area contributed by atoms with Gasteiger partial charge >= 0.3 is 0 Å². The number of nitrogens with zero attached hydrogens (tertiary/aromatic N) is 2. The fourth-order valence-electron chi connectivity index (χ4n) is 2.40. The van der Waals surface area contributed by atoms with Gasteiger partial charge in [-0.05, 0) is 49.6 Å². The van der Waals surface area contributed by atoms with Crippen LogP contribution in [0.15, 0.2) is 50.4 Å². The molecule has 0 saturated carbocycles. The Kier molecular flexibility index (Phi) is 6.22. The van der Waals surface area contributed by atoms with E-state index in [2.05, 4.69) is 20.2 Å². The number of rotatable bonds is 8. The van der Waals surface area contributed by atoms with E-state index < -0.39 is 10.0 Å². The molecule has 0 radical (unpaired) electrons.